The summed E-state index contributed by atoms with van der Waals surface area (Å²) in [5, 5.41) is 12.4. The number of hydrogen-bond donors (Lipinski definition) is 1. The van der Waals surface area contributed by atoms with Crippen molar-refractivity contribution >= 4 is 17.2 Å². The zero-order valence-corrected chi connectivity index (χ0v) is 20.5. The molecule has 176 valence electrons. The van der Waals surface area contributed by atoms with Crippen molar-refractivity contribution in [2.24, 2.45) is 0 Å². The molecule has 0 bridgehead atoms. The second-order valence-corrected chi connectivity index (χ2v) is 10.1. The highest BCUT2D eigenvalue weighted by atomic mass is 32.1. The molecule has 1 atom stereocenters. The van der Waals surface area contributed by atoms with Gasteiger partial charge in [0.1, 0.15) is 12.4 Å². The van der Waals surface area contributed by atoms with Gasteiger partial charge in [-0.1, -0.05) is 12.1 Å². The van der Waals surface area contributed by atoms with Gasteiger partial charge in [-0.3, -0.25) is 9.69 Å². The fourth-order valence-electron chi connectivity index (χ4n) is 4.23. The Hall–Kier alpha value is -1.93. The molecule has 1 aromatic heterocycles. The van der Waals surface area contributed by atoms with Crippen molar-refractivity contribution in [2.45, 2.75) is 45.3 Å². The highest BCUT2D eigenvalue weighted by Crippen LogP contribution is 2.34. The van der Waals surface area contributed by atoms with Crippen molar-refractivity contribution in [2.75, 3.05) is 46.5 Å². The fraction of sp³-hybridized carbons (Fsp3) is 0.560. The first-order valence-electron chi connectivity index (χ1n) is 11.3. The molecule has 3 rings (SSSR count). The molecule has 1 unspecified atom stereocenters. The molecule has 2 aromatic rings. The number of ether oxygens (including phenoxy) is 2. The van der Waals surface area contributed by atoms with E-state index in [-0.39, 0.29) is 18.5 Å². The molecular weight excluding hydrogens is 424 g/mol. The highest BCUT2D eigenvalue weighted by molar-refractivity contribution is 7.10. The predicted octanol–water partition coefficient (Wildman–Crippen LogP) is 3.67. The molecule has 1 aliphatic rings. The molecule has 0 aliphatic carbocycles. The molecule has 0 saturated carbocycles. The molecule has 7 heteroatoms. The van der Waals surface area contributed by atoms with Gasteiger partial charge in [-0.05, 0) is 68.3 Å². The normalized spacial score (nSPS) is 16.3. The molecular formula is C25H36N2O4S. The summed E-state index contributed by atoms with van der Waals surface area (Å²) in [6.45, 7) is 8.74. The van der Waals surface area contributed by atoms with Crippen LogP contribution in [0.2, 0.25) is 0 Å². The van der Waals surface area contributed by atoms with Crippen molar-refractivity contribution < 1.29 is 19.4 Å². The maximum atomic E-state index is 13.5. The molecule has 0 saturated heterocycles. The van der Waals surface area contributed by atoms with Crippen molar-refractivity contribution in [3.63, 3.8) is 0 Å². The number of hydrogen-bond acceptors (Lipinski definition) is 6. The van der Waals surface area contributed by atoms with Gasteiger partial charge in [0.2, 0.25) is 5.91 Å². The molecule has 0 spiro atoms. The van der Waals surface area contributed by atoms with Crippen molar-refractivity contribution in [3.05, 3.63) is 51.7 Å². The number of benzene rings is 1. The first-order valence-corrected chi connectivity index (χ1v) is 12.1. The number of aryl methyl sites for hydroxylation is 1. The van der Waals surface area contributed by atoms with Crippen LogP contribution in [0.15, 0.2) is 35.7 Å². The first-order chi connectivity index (χ1) is 15.3. The number of carbonyl (C=O) groups excluding carboxylic acids is 1. The van der Waals surface area contributed by atoms with Gasteiger partial charge in [0.05, 0.1) is 18.2 Å². The van der Waals surface area contributed by atoms with E-state index in [1.807, 2.05) is 41.0 Å². The predicted molar refractivity (Wildman–Crippen MR) is 128 cm³/mol. The van der Waals surface area contributed by atoms with Gasteiger partial charge in [-0.2, -0.15) is 0 Å². The number of aliphatic hydroxyl groups is 1. The smallest absolute Gasteiger partial charge is 0.237 e. The van der Waals surface area contributed by atoms with Crippen LogP contribution in [-0.4, -0.2) is 72.9 Å². The Labute approximate surface area is 195 Å². The minimum Gasteiger partial charge on any atom is -0.491 e. The molecule has 2 heterocycles. The lowest BCUT2D eigenvalue weighted by atomic mass is 10.00. The minimum absolute atomic E-state index is 0.0707. The van der Waals surface area contributed by atoms with E-state index >= 15 is 0 Å². The van der Waals surface area contributed by atoms with E-state index < -0.39 is 5.60 Å². The van der Waals surface area contributed by atoms with Gasteiger partial charge in [0.15, 0.2) is 0 Å². The van der Waals surface area contributed by atoms with Gasteiger partial charge in [-0.15, -0.1) is 11.3 Å². The van der Waals surface area contributed by atoms with Gasteiger partial charge in [-0.25, -0.2) is 0 Å². The maximum Gasteiger partial charge on any atom is 0.237 e. The summed E-state index contributed by atoms with van der Waals surface area (Å²) in [6, 6.07) is 10.0. The second kappa shape index (κ2) is 11.3. The van der Waals surface area contributed by atoms with E-state index in [2.05, 4.69) is 11.4 Å². The van der Waals surface area contributed by atoms with Crippen LogP contribution in [0.4, 0.5) is 0 Å². The lowest BCUT2D eigenvalue weighted by Crippen LogP contribution is -2.49. The molecule has 1 N–H and O–H groups in total. The molecule has 0 radical (unpaired) electrons. The lowest BCUT2D eigenvalue weighted by molar-refractivity contribution is -0.136. The van der Waals surface area contributed by atoms with Crippen LogP contribution in [0, 0.1) is 6.92 Å². The van der Waals surface area contributed by atoms with Crippen LogP contribution in [0.5, 0.6) is 5.75 Å². The van der Waals surface area contributed by atoms with Gasteiger partial charge < -0.3 is 19.5 Å². The summed E-state index contributed by atoms with van der Waals surface area (Å²) in [6.07, 6.45) is 1.68. The molecule has 1 amide bonds. The summed E-state index contributed by atoms with van der Waals surface area (Å²) in [5.74, 6) is 0.893. The Bertz CT molecular complexity index is 877. The van der Waals surface area contributed by atoms with Crippen molar-refractivity contribution in [1.82, 2.24) is 9.80 Å². The number of carbonyl (C=O) groups is 1. The third-order valence-corrected chi connectivity index (χ3v) is 6.60. The first kappa shape index (κ1) is 24.7. The SMILES string of the molecule is COCCCN(CC(=O)N1CCc2sccc2C1COc1cccc(C)c1)CC(C)(C)O. The minimum atomic E-state index is -0.872. The third kappa shape index (κ3) is 7.04. The topological polar surface area (TPSA) is 62.2 Å². The number of methoxy groups -OCH3 is 1. The Kier molecular flexibility index (Phi) is 8.71. The monoisotopic (exact) mass is 460 g/mol. The van der Waals surface area contributed by atoms with Gasteiger partial charge in [0, 0.05) is 38.2 Å². The van der Waals surface area contributed by atoms with Gasteiger partial charge >= 0.3 is 0 Å². The zero-order chi connectivity index (χ0) is 23.1. The molecule has 1 aromatic carbocycles. The zero-order valence-electron chi connectivity index (χ0n) is 19.7. The van der Waals surface area contributed by atoms with E-state index in [1.165, 1.54) is 10.4 Å². The van der Waals surface area contributed by atoms with Crippen LogP contribution in [-0.2, 0) is 16.0 Å². The summed E-state index contributed by atoms with van der Waals surface area (Å²) < 4.78 is 11.3. The third-order valence-electron chi connectivity index (χ3n) is 5.60. The van der Waals surface area contributed by atoms with E-state index in [0.717, 1.165) is 24.2 Å². The summed E-state index contributed by atoms with van der Waals surface area (Å²) in [4.78, 5) is 18.8. The maximum absolute atomic E-state index is 13.5. The number of fused-ring (bicyclic) bond motifs is 1. The number of nitrogens with zero attached hydrogens (tertiary/aromatic N) is 2. The average Bonchev–Trinajstić information content (AvgIpc) is 3.20. The van der Waals surface area contributed by atoms with Crippen LogP contribution in [0.25, 0.3) is 0 Å². The average molecular weight is 461 g/mol. The number of amides is 1. The Balaban J connectivity index is 1.72. The quantitative estimate of drug-likeness (QED) is 0.519. The van der Waals surface area contributed by atoms with E-state index in [0.29, 0.717) is 32.8 Å². The van der Waals surface area contributed by atoms with Crippen molar-refractivity contribution in [3.8, 4) is 5.75 Å². The largest absolute Gasteiger partial charge is 0.491 e. The van der Waals surface area contributed by atoms with Crippen LogP contribution in [0.3, 0.4) is 0 Å². The number of rotatable bonds is 11. The Morgan fingerprint density at radius 1 is 1.34 bits per heavy atom. The van der Waals surface area contributed by atoms with Gasteiger partial charge in [0.25, 0.3) is 0 Å². The van der Waals surface area contributed by atoms with Crippen LogP contribution in [0.1, 0.15) is 42.3 Å². The molecule has 1 aliphatic heterocycles. The number of thiophene rings is 1. The molecule has 32 heavy (non-hydrogen) atoms. The standard InChI is InChI=1S/C25H36N2O4S/c1-19-7-5-8-20(15-19)31-17-22-21-10-14-32-23(21)9-12-27(22)24(28)16-26(11-6-13-30-4)18-25(2,3)29/h5,7-8,10,14-15,22,29H,6,9,11-13,16-18H2,1-4H3. The highest BCUT2D eigenvalue weighted by Gasteiger charge is 2.33. The second-order valence-electron chi connectivity index (χ2n) is 9.15. The Morgan fingerprint density at radius 2 is 2.16 bits per heavy atom. The fourth-order valence-corrected chi connectivity index (χ4v) is 5.16. The van der Waals surface area contributed by atoms with E-state index in [9.17, 15) is 9.90 Å². The van der Waals surface area contributed by atoms with Crippen LogP contribution >= 0.6 is 11.3 Å². The van der Waals surface area contributed by atoms with Crippen molar-refractivity contribution in [1.29, 1.82) is 0 Å². The Morgan fingerprint density at radius 3 is 2.88 bits per heavy atom. The lowest BCUT2D eigenvalue weighted by Gasteiger charge is -2.37. The van der Waals surface area contributed by atoms with Crippen LogP contribution < -0.4 is 4.74 Å². The summed E-state index contributed by atoms with van der Waals surface area (Å²) in [7, 11) is 1.68. The van der Waals surface area contributed by atoms with E-state index in [1.54, 1.807) is 32.3 Å². The van der Waals surface area contributed by atoms with E-state index in [4.69, 9.17) is 9.47 Å². The summed E-state index contributed by atoms with van der Waals surface area (Å²) in [5.41, 5.74) is 1.47. The molecule has 6 nitrogen and oxygen atoms in total. The summed E-state index contributed by atoms with van der Waals surface area (Å²) >= 11 is 1.75. The molecule has 0 fully saturated rings.